The van der Waals surface area contributed by atoms with Crippen LogP contribution in [0.1, 0.15) is 5.56 Å². The molecule has 9 heteroatoms. The van der Waals surface area contributed by atoms with Gasteiger partial charge in [-0.1, -0.05) is 81.8 Å². The average Bonchev–Trinajstić information content (AvgIpc) is 3.24. The molecule has 0 bridgehead atoms. The van der Waals surface area contributed by atoms with E-state index in [-0.39, 0.29) is 11.7 Å². The fourth-order valence-electron chi connectivity index (χ4n) is 2.85. The molecule has 160 valence electrons. The summed E-state index contributed by atoms with van der Waals surface area (Å²) in [6.45, 7) is 0. The molecule has 0 saturated carbocycles. The summed E-state index contributed by atoms with van der Waals surface area (Å²) in [4.78, 5) is 12.3. The van der Waals surface area contributed by atoms with E-state index in [9.17, 15) is 4.79 Å². The summed E-state index contributed by atoms with van der Waals surface area (Å²) in [5, 5.41) is 14.0. The molecular formula is C23H17BrClN5OS. The van der Waals surface area contributed by atoms with Crippen molar-refractivity contribution in [1.29, 1.82) is 0 Å². The zero-order chi connectivity index (χ0) is 22.3. The van der Waals surface area contributed by atoms with Gasteiger partial charge in [-0.15, -0.1) is 10.2 Å². The number of carbonyl (C=O) groups excluding carboxylic acids is 1. The Balaban J connectivity index is 1.49. The highest BCUT2D eigenvalue weighted by Crippen LogP contribution is 2.28. The van der Waals surface area contributed by atoms with Crippen molar-refractivity contribution in [2.45, 2.75) is 5.16 Å². The number of benzene rings is 3. The first kappa shape index (κ1) is 22.3. The van der Waals surface area contributed by atoms with Crippen LogP contribution < -0.4 is 5.43 Å². The van der Waals surface area contributed by atoms with Crippen molar-refractivity contribution in [3.63, 3.8) is 0 Å². The fourth-order valence-corrected chi connectivity index (χ4v) is 3.99. The molecule has 0 unspecified atom stereocenters. The fraction of sp³-hybridized carbons (Fsp3) is 0.0435. The maximum absolute atomic E-state index is 12.3. The highest BCUT2D eigenvalue weighted by atomic mass is 79.9. The van der Waals surface area contributed by atoms with Gasteiger partial charge in [-0.2, -0.15) is 5.10 Å². The van der Waals surface area contributed by atoms with E-state index in [0.29, 0.717) is 16.0 Å². The number of amides is 1. The molecule has 4 rings (SSSR count). The van der Waals surface area contributed by atoms with Crippen LogP contribution in [0.5, 0.6) is 0 Å². The van der Waals surface area contributed by atoms with Crippen molar-refractivity contribution < 1.29 is 4.79 Å². The van der Waals surface area contributed by atoms with Gasteiger partial charge < -0.3 is 0 Å². The Morgan fingerprint density at radius 1 is 1.03 bits per heavy atom. The summed E-state index contributed by atoms with van der Waals surface area (Å²) in [6.07, 6.45) is 1.57. The lowest BCUT2D eigenvalue weighted by molar-refractivity contribution is -0.118. The topological polar surface area (TPSA) is 72.2 Å². The molecule has 0 saturated heterocycles. The molecule has 1 heterocycles. The van der Waals surface area contributed by atoms with Crippen LogP contribution in [0, 0.1) is 0 Å². The van der Waals surface area contributed by atoms with Crippen LogP contribution >= 0.6 is 39.3 Å². The monoisotopic (exact) mass is 525 g/mol. The van der Waals surface area contributed by atoms with Gasteiger partial charge in [0.15, 0.2) is 11.0 Å². The number of hydrazone groups is 1. The number of carbonyl (C=O) groups is 1. The van der Waals surface area contributed by atoms with Crippen molar-refractivity contribution in [2.75, 3.05) is 5.75 Å². The highest BCUT2D eigenvalue weighted by Gasteiger charge is 2.17. The Morgan fingerprint density at radius 3 is 2.47 bits per heavy atom. The van der Waals surface area contributed by atoms with Crippen LogP contribution in [0.3, 0.4) is 0 Å². The second-order valence-electron chi connectivity index (χ2n) is 6.62. The van der Waals surface area contributed by atoms with E-state index in [4.69, 9.17) is 11.6 Å². The van der Waals surface area contributed by atoms with E-state index in [1.54, 1.807) is 18.3 Å². The predicted molar refractivity (Wildman–Crippen MR) is 132 cm³/mol. The van der Waals surface area contributed by atoms with Crippen molar-refractivity contribution >= 4 is 51.4 Å². The van der Waals surface area contributed by atoms with Gasteiger partial charge in [0.05, 0.1) is 12.0 Å². The van der Waals surface area contributed by atoms with Gasteiger partial charge in [0.25, 0.3) is 5.91 Å². The zero-order valence-corrected chi connectivity index (χ0v) is 19.8. The number of rotatable bonds is 7. The maximum atomic E-state index is 12.3. The van der Waals surface area contributed by atoms with Crippen molar-refractivity contribution in [3.8, 4) is 17.1 Å². The van der Waals surface area contributed by atoms with E-state index in [2.05, 4.69) is 36.7 Å². The van der Waals surface area contributed by atoms with Gasteiger partial charge in [0.2, 0.25) is 0 Å². The van der Waals surface area contributed by atoms with Crippen LogP contribution in [0.25, 0.3) is 17.1 Å². The van der Waals surface area contributed by atoms with Gasteiger partial charge in [0, 0.05) is 20.7 Å². The molecule has 0 aliphatic heterocycles. The van der Waals surface area contributed by atoms with Crippen LogP contribution in [0.15, 0.2) is 93.6 Å². The largest absolute Gasteiger partial charge is 0.272 e. The summed E-state index contributed by atoms with van der Waals surface area (Å²) in [5.74, 6) is 0.602. The molecule has 3 aromatic carbocycles. The number of hydrogen-bond acceptors (Lipinski definition) is 5. The average molecular weight is 527 g/mol. The number of nitrogens with one attached hydrogen (secondary N) is 1. The first-order valence-corrected chi connectivity index (χ1v) is 11.7. The third-order valence-electron chi connectivity index (χ3n) is 4.36. The molecule has 0 aliphatic rings. The normalized spacial score (nSPS) is 11.1. The molecule has 1 amide bonds. The Hall–Kier alpha value is -2.94. The van der Waals surface area contributed by atoms with E-state index in [1.807, 2.05) is 71.3 Å². The number of thioether (sulfide) groups is 1. The van der Waals surface area contributed by atoms with Gasteiger partial charge >= 0.3 is 0 Å². The number of halogens is 2. The number of hydrogen-bond donors (Lipinski definition) is 1. The number of aromatic nitrogens is 3. The van der Waals surface area contributed by atoms with E-state index >= 15 is 0 Å². The molecule has 0 spiro atoms. The lowest BCUT2D eigenvalue weighted by Crippen LogP contribution is -2.20. The number of nitrogens with zero attached hydrogens (tertiary/aromatic N) is 4. The van der Waals surface area contributed by atoms with Gasteiger partial charge in [-0.3, -0.25) is 9.36 Å². The van der Waals surface area contributed by atoms with Crippen molar-refractivity contribution in [1.82, 2.24) is 20.2 Å². The summed E-state index contributed by atoms with van der Waals surface area (Å²) < 4.78 is 2.92. The van der Waals surface area contributed by atoms with Crippen molar-refractivity contribution in [2.24, 2.45) is 5.10 Å². The second kappa shape index (κ2) is 10.6. The molecule has 1 aromatic heterocycles. The molecule has 32 heavy (non-hydrogen) atoms. The lowest BCUT2D eigenvalue weighted by atomic mass is 10.2. The second-order valence-corrected chi connectivity index (χ2v) is 8.91. The molecule has 0 fully saturated rings. The van der Waals surface area contributed by atoms with Crippen LogP contribution in [0.2, 0.25) is 5.02 Å². The summed E-state index contributed by atoms with van der Waals surface area (Å²) in [6, 6.07) is 24.8. The third-order valence-corrected chi connectivity index (χ3v) is 6.07. The Kier molecular flexibility index (Phi) is 7.36. The SMILES string of the molecule is O=C(CSc1nnc(-c2ccccc2)n1-c1ccc(Br)cc1)N/N=C\c1ccc(Cl)cc1. The van der Waals surface area contributed by atoms with Crippen molar-refractivity contribution in [3.05, 3.63) is 93.9 Å². The third kappa shape index (κ3) is 5.64. The Bertz CT molecular complexity index is 1230. The summed E-state index contributed by atoms with van der Waals surface area (Å²) >= 11 is 10.6. The lowest BCUT2D eigenvalue weighted by Gasteiger charge is -2.10. The quantitative estimate of drug-likeness (QED) is 0.193. The minimum atomic E-state index is -0.244. The summed E-state index contributed by atoms with van der Waals surface area (Å²) in [5.41, 5.74) is 5.21. The molecule has 0 radical (unpaired) electrons. The highest BCUT2D eigenvalue weighted by molar-refractivity contribution is 9.10. The smallest absolute Gasteiger partial charge is 0.250 e. The Morgan fingerprint density at radius 2 is 1.75 bits per heavy atom. The Labute approximate surface area is 202 Å². The molecule has 0 atom stereocenters. The minimum absolute atomic E-state index is 0.140. The van der Waals surface area contributed by atoms with Crippen LogP contribution in [-0.4, -0.2) is 32.6 Å². The molecular weight excluding hydrogens is 510 g/mol. The van der Waals surface area contributed by atoms with E-state index < -0.39 is 0 Å². The minimum Gasteiger partial charge on any atom is -0.272 e. The summed E-state index contributed by atoms with van der Waals surface area (Å²) in [7, 11) is 0. The standard InChI is InChI=1S/C23H17BrClN5OS/c24-18-8-12-20(13-9-18)30-22(17-4-2-1-3-5-17)28-29-23(30)32-15-21(31)27-26-14-16-6-10-19(25)11-7-16/h1-14H,15H2,(H,27,31)/b26-14-. The van der Waals surface area contributed by atoms with Crippen LogP contribution in [0.4, 0.5) is 0 Å². The van der Waals surface area contributed by atoms with Gasteiger partial charge in [-0.05, 0) is 42.0 Å². The zero-order valence-electron chi connectivity index (χ0n) is 16.7. The first-order chi connectivity index (χ1) is 15.6. The van der Waals surface area contributed by atoms with E-state index in [0.717, 1.165) is 21.3 Å². The first-order valence-electron chi connectivity index (χ1n) is 9.57. The maximum Gasteiger partial charge on any atom is 0.250 e. The molecule has 0 aliphatic carbocycles. The van der Waals surface area contributed by atoms with Gasteiger partial charge in [-0.25, -0.2) is 5.43 Å². The van der Waals surface area contributed by atoms with E-state index in [1.165, 1.54) is 11.8 Å². The molecule has 1 N–H and O–H groups in total. The molecule has 4 aromatic rings. The van der Waals surface area contributed by atoms with Crippen LogP contribution in [-0.2, 0) is 4.79 Å². The predicted octanol–water partition coefficient (Wildman–Crippen LogP) is 5.59. The van der Waals surface area contributed by atoms with Gasteiger partial charge in [0.1, 0.15) is 0 Å². The molecule has 6 nitrogen and oxygen atoms in total.